The zero-order chi connectivity index (χ0) is 18.7. The highest BCUT2D eigenvalue weighted by atomic mass is 19.1. The smallest absolute Gasteiger partial charge is 0.149 e. The highest BCUT2D eigenvalue weighted by Crippen LogP contribution is 2.38. The van der Waals surface area contributed by atoms with Crippen LogP contribution in [0.4, 0.5) is 4.39 Å². The van der Waals surface area contributed by atoms with Crippen molar-refractivity contribution in [2.45, 2.75) is 51.2 Å². The molecule has 3 heterocycles. The Hall–Kier alpha value is -1.56. The van der Waals surface area contributed by atoms with E-state index in [2.05, 4.69) is 9.88 Å². The van der Waals surface area contributed by atoms with Gasteiger partial charge in [-0.15, -0.1) is 0 Å². The number of aromatic nitrogens is 1. The normalized spacial score (nSPS) is 23.6. The molecule has 2 aliphatic heterocycles. The average molecular weight is 372 g/mol. The van der Waals surface area contributed by atoms with Gasteiger partial charge in [0.2, 0.25) is 0 Å². The maximum atomic E-state index is 14.0. The number of ether oxygens (including phenoxy) is 1. The van der Waals surface area contributed by atoms with E-state index in [0.717, 1.165) is 69.4 Å². The van der Waals surface area contributed by atoms with Gasteiger partial charge in [0, 0.05) is 25.1 Å². The van der Waals surface area contributed by atoms with E-state index in [0.29, 0.717) is 11.6 Å². The lowest BCUT2D eigenvalue weighted by Crippen LogP contribution is -2.44. The van der Waals surface area contributed by atoms with Crippen molar-refractivity contribution in [2.24, 2.45) is 5.41 Å². The Balaban J connectivity index is 1.37. The first kappa shape index (κ1) is 18.8. The van der Waals surface area contributed by atoms with Crippen molar-refractivity contribution in [3.63, 3.8) is 0 Å². The zero-order valence-corrected chi connectivity index (χ0v) is 15.9. The van der Waals surface area contributed by atoms with Crippen LogP contribution in [0.3, 0.4) is 0 Å². The minimum absolute atomic E-state index is 0.0125. The number of benzene rings is 1. The first-order chi connectivity index (χ1) is 13.2. The minimum atomic E-state index is -0.264. The molecule has 2 aromatic rings. The van der Waals surface area contributed by atoms with Crippen LogP contribution in [-0.4, -0.2) is 47.4 Å². The van der Waals surface area contributed by atoms with Gasteiger partial charge < -0.3 is 9.84 Å². The zero-order valence-electron chi connectivity index (χ0n) is 15.9. The molecule has 146 valence electrons. The van der Waals surface area contributed by atoms with Gasteiger partial charge in [0.25, 0.3) is 0 Å². The summed E-state index contributed by atoms with van der Waals surface area (Å²) in [6.07, 6.45) is 6.76. The van der Waals surface area contributed by atoms with E-state index in [4.69, 9.17) is 4.74 Å². The maximum absolute atomic E-state index is 14.0. The quantitative estimate of drug-likeness (QED) is 0.864. The summed E-state index contributed by atoms with van der Waals surface area (Å²) in [5, 5.41) is 10.9. The Morgan fingerprint density at radius 2 is 2.04 bits per heavy atom. The SMILES string of the molecule is OCC1(CC2CCCCO2)CCN(Cc2ccc3cccc(F)c3n2)CC1. The monoisotopic (exact) mass is 372 g/mol. The number of hydrogen-bond donors (Lipinski definition) is 1. The second kappa shape index (κ2) is 8.21. The van der Waals surface area contributed by atoms with Gasteiger partial charge in [-0.3, -0.25) is 4.90 Å². The van der Waals surface area contributed by atoms with Gasteiger partial charge in [-0.1, -0.05) is 18.2 Å². The highest BCUT2D eigenvalue weighted by molar-refractivity contribution is 5.79. The fourth-order valence-electron chi connectivity index (χ4n) is 4.53. The van der Waals surface area contributed by atoms with Crippen LogP contribution >= 0.6 is 0 Å². The number of pyridine rings is 1. The van der Waals surface area contributed by atoms with Crippen molar-refractivity contribution in [2.75, 3.05) is 26.3 Å². The predicted octanol–water partition coefficient (Wildman–Crippen LogP) is 3.91. The van der Waals surface area contributed by atoms with Crippen LogP contribution in [0.2, 0.25) is 0 Å². The number of piperidine rings is 1. The number of aliphatic hydroxyl groups excluding tert-OH is 1. The van der Waals surface area contributed by atoms with Crippen molar-refractivity contribution in [3.8, 4) is 0 Å². The Bertz CT molecular complexity index is 768. The van der Waals surface area contributed by atoms with E-state index in [1.807, 2.05) is 18.2 Å². The highest BCUT2D eigenvalue weighted by Gasteiger charge is 2.37. The Morgan fingerprint density at radius 3 is 2.78 bits per heavy atom. The molecule has 1 aromatic heterocycles. The van der Waals surface area contributed by atoms with E-state index < -0.39 is 0 Å². The summed E-state index contributed by atoms with van der Waals surface area (Å²) in [5.41, 5.74) is 1.34. The van der Waals surface area contributed by atoms with E-state index in [9.17, 15) is 9.50 Å². The lowest BCUT2D eigenvalue weighted by molar-refractivity contribution is -0.0487. The molecule has 2 saturated heterocycles. The Morgan fingerprint density at radius 1 is 1.19 bits per heavy atom. The summed E-state index contributed by atoms with van der Waals surface area (Å²) >= 11 is 0. The number of nitrogens with zero attached hydrogens (tertiary/aromatic N) is 2. The maximum Gasteiger partial charge on any atom is 0.149 e. The molecule has 1 atom stereocenters. The third-order valence-corrected chi connectivity index (χ3v) is 6.30. The molecule has 0 bridgehead atoms. The van der Waals surface area contributed by atoms with Crippen LogP contribution in [0, 0.1) is 11.2 Å². The van der Waals surface area contributed by atoms with Crippen molar-refractivity contribution in [1.29, 1.82) is 0 Å². The van der Waals surface area contributed by atoms with E-state index >= 15 is 0 Å². The molecule has 4 nitrogen and oxygen atoms in total. The van der Waals surface area contributed by atoms with Gasteiger partial charge in [-0.25, -0.2) is 9.37 Å². The summed E-state index contributed by atoms with van der Waals surface area (Å²) in [6, 6.07) is 9.00. The second-order valence-corrected chi connectivity index (χ2v) is 8.24. The molecule has 0 amide bonds. The number of halogens is 1. The van der Waals surface area contributed by atoms with E-state index in [-0.39, 0.29) is 17.8 Å². The number of hydrogen-bond acceptors (Lipinski definition) is 4. The number of rotatable bonds is 5. The Labute approximate surface area is 160 Å². The molecule has 2 aliphatic rings. The summed E-state index contributed by atoms with van der Waals surface area (Å²) in [4.78, 5) is 6.90. The van der Waals surface area contributed by atoms with E-state index in [1.54, 1.807) is 6.07 Å². The molecular weight excluding hydrogens is 343 g/mol. The summed E-state index contributed by atoms with van der Waals surface area (Å²) in [7, 11) is 0. The topological polar surface area (TPSA) is 45.6 Å². The molecule has 27 heavy (non-hydrogen) atoms. The van der Waals surface area contributed by atoms with Crippen LogP contribution in [-0.2, 0) is 11.3 Å². The number of fused-ring (bicyclic) bond motifs is 1. The van der Waals surface area contributed by atoms with Crippen LogP contribution in [0.15, 0.2) is 30.3 Å². The summed E-state index contributed by atoms with van der Waals surface area (Å²) < 4.78 is 19.9. The standard InChI is InChI=1S/C22H29FN2O2/c23-20-6-3-4-17-7-8-18(24-21(17)20)15-25-11-9-22(16-26,10-12-25)14-19-5-1-2-13-27-19/h3-4,6-8,19,26H,1-2,5,9-16H2. The summed E-state index contributed by atoms with van der Waals surface area (Å²) in [6.45, 7) is 3.70. The average Bonchev–Trinajstić information content (AvgIpc) is 2.71. The molecule has 1 N–H and O–H groups in total. The molecule has 0 aliphatic carbocycles. The van der Waals surface area contributed by atoms with Gasteiger partial charge in [-0.05, 0) is 69.2 Å². The van der Waals surface area contributed by atoms with Crippen molar-refractivity contribution in [3.05, 3.63) is 41.8 Å². The van der Waals surface area contributed by atoms with E-state index in [1.165, 1.54) is 12.5 Å². The number of likely N-dealkylation sites (tertiary alicyclic amines) is 1. The molecule has 0 spiro atoms. The van der Waals surface area contributed by atoms with Gasteiger partial charge >= 0.3 is 0 Å². The minimum Gasteiger partial charge on any atom is -0.396 e. The largest absolute Gasteiger partial charge is 0.396 e. The van der Waals surface area contributed by atoms with Gasteiger partial charge in [0.05, 0.1) is 11.8 Å². The van der Waals surface area contributed by atoms with Gasteiger partial charge in [-0.2, -0.15) is 0 Å². The molecule has 5 heteroatoms. The van der Waals surface area contributed by atoms with Crippen molar-refractivity contribution < 1.29 is 14.2 Å². The van der Waals surface area contributed by atoms with Crippen LogP contribution in [0.25, 0.3) is 10.9 Å². The first-order valence-corrected chi connectivity index (χ1v) is 10.2. The molecule has 1 unspecified atom stereocenters. The van der Waals surface area contributed by atoms with Gasteiger partial charge in [0.1, 0.15) is 11.3 Å². The molecule has 2 fully saturated rings. The van der Waals surface area contributed by atoms with Crippen LogP contribution in [0.1, 0.15) is 44.2 Å². The fourth-order valence-corrected chi connectivity index (χ4v) is 4.53. The molecule has 4 rings (SSSR count). The fraction of sp³-hybridized carbons (Fsp3) is 0.591. The third-order valence-electron chi connectivity index (χ3n) is 6.30. The van der Waals surface area contributed by atoms with Gasteiger partial charge in [0.15, 0.2) is 0 Å². The number of aliphatic hydroxyl groups is 1. The number of para-hydroxylation sites is 1. The molecule has 0 saturated carbocycles. The summed E-state index contributed by atoms with van der Waals surface area (Å²) in [5.74, 6) is -0.264. The molecule has 1 aromatic carbocycles. The lowest BCUT2D eigenvalue weighted by Gasteiger charge is -2.43. The van der Waals surface area contributed by atoms with Crippen molar-refractivity contribution in [1.82, 2.24) is 9.88 Å². The van der Waals surface area contributed by atoms with Crippen LogP contribution < -0.4 is 0 Å². The predicted molar refractivity (Wildman–Crippen MR) is 104 cm³/mol. The van der Waals surface area contributed by atoms with Crippen molar-refractivity contribution >= 4 is 10.9 Å². The molecular formula is C22H29FN2O2. The third kappa shape index (κ3) is 4.31. The second-order valence-electron chi connectivity index (χ2n) is 8.24. The lowest BCUT2D eigenvalue weighted by atomic mass is 9.74. The first-order valence-electron chi connectivity index (χ1n) is 10.2. The Kier molecular flexibility index (Phi) is 5.71. The molecule has 0 radical (unpaired) electrons. The van der Waals surface area contributed by atoms with Crippen LogP contribution in [0.5, 0.6) is 0 Å².